The number of hydrogen-bond donors (Lipinski definition) is 1. The summed E-state index contributed by atoms with van der Waals surface area (Å²) in [5.41, 5.74) is 2.61. The predicted octanol–water partition coefficient (Wildman–Crippen LogP) is 4.21. The van der Waals surface area contributed by atoms with E-state index in [2.05, 4.69) is 62.0 Å². The van der Waals surface area contributed by atoms with Gasteiger partial charge in [-0.2, -0.15) is 0 Å². The van der Waals surface area contributed by atoms with Crippen LogP contribution in [0.1, 0.15) is 52.5 Å². The minimum Gasteiger partial charge on any atom is -0.471 e. The molecule has 2 fully saturated rings. The van der Waals surface area contributed by atoms with Crippen molar-refractivity contribution in [2.45, 2.75) is 59.4 Å². The van der Waals surface area contributed by atoms with E-state index in [1.54, 1.807) is 0 Å². The molecule has 3 nitrogen and oxygen atoms in total. The molecule has 1 saturated carbocycles. The van der Waals surface area contributed by atoms with Crippen molar-refractivity contribution in [3.8, 4) is 0 Å². The van der Waals surface area contributed by atoms with Crippen LogP contribution >= 0.6 is 0 Å². The number of methoxy groups -OCH3 is 1. The number of aryl methyl sites for hydroxylation is 1. The van der Waals surface area contributed by atoms with Crippen molar-refractivity contribution in [3.05, 3.63) is 35.9 Å². The van der Waals surface area contributed by atoms with Gasteiger partial charge in [-0.05, 0) is 42.1 Å². The quantitative estimate of drug-likeness (QED) is 0.830. The van der Waals surface area contributed by atoms with Gasteiger partial charge in [0.05, 0.1) is 7.11 Å². The van der Waals surface area contributed by atoms with Crippen LogP contribution in [0, 0.1) is 10.8 Å². The summed E-state index contributed by atoms with van der Waals surface area (Å²) in [6.07, 6.45) is 5.34. The van der Waals surface area contributed by atoms with Gasteiger partial charge in [0.1, 0.15) is 0 Å². The first-order chi connectivity index (χ1) is 10.8. The van der Waals surface area contributed by atoms with Crippen molar-refractivity contribution in [3.63, 3.8) is 0 Å². The lowest BCUT2D eigenvalue weighted by molar-refractivity contribution is -0.126. The molecule has 0 aromatic heterocycles. The second-order valence-electron chi connectivity index (χ2n) is 7.81. The topological polar surface area (TPSA) is 38.3 Å². The van der Waals surface area contributed by atoms with Gasteiger partial charge < -0.3 is 10.1 Å². The van der Waals surface area contributed by atoms with Crippen molar-refractivity contribution in [1.82, 2.24) is 5.32 Å². The van der Waals surface area contributed by atoms with E-state index >= 15 is 0 Å². The van der Waals surface area contributed by atoms with Crippen LogP contribution in [0.2, 0.25) is 0 Å². The molecule has 23 heavy (non-hydrogen) atoms. The highest BCUT2D eigenvalue weighted by Gasteiger charge is 2.45. The maximum absolute atomic E-state index is 8.95. The number of hydrogen-bond acceptors (Lipinski definition) is 3. The van der Waals surface area contributed by atoms with Gasteiger partial charge >= 0.3 is 0 Å². The van der Waals surface area contributed by atoms with E-state index in [9.17, 15) is 0 Å². The second kappa shape index (κ2) is 9.07. The minimum atomic E-state index is 0.375. The third-order valence-corrected chi connectivity index (χ3v) is 4.61. The summed E-state index contributed by atoms with van der Waals surface area (Å²) in [6.45, 7) is 11.0. The summed E-state index contributed by atoms with van der Waals surface area (Å²) < 4.78 is 3.86. The molecule has 1 aromatic rings. The Morgan fingerprint density at radius 1 is 1.22 bits per heavy atom. The van der Waals surface area contributed by atoms with Crippen LogP contribution < -0.4 is 5.32 Å². The fourth-order valence-electron chi connectivity index (χ4n) is 4.02. The SMILES string of the molecule is CC1(C)CC2CC(C)(CN2)C1.CCc1ccccc1.COC=O. The zero-order valence-corrected chi connectivity index (χ0v) is 15.4. The largest absolute Gasteiger partial charge is 0.471 e. The van der Waals surface area contributed by atoms with Crippen LogP contribution in [0.15, 0.2) is 30.3 Å². The summed E-state index contributed by atoms with van der Waals surface area (Å²) in [6, 6.07) is 11.3. The van der Waals surface area contributed by atoms with E-state index in [0.717, 1.165) is 12.5 Å². The Morgan fingerprint density at radius 3 is 2.26 bits per heavy atom. The molecule has 130 valence electrons. The van der Waals surface area contributed by atoms with Crippen molar-refractivity contribution >= 4 is 6.47 Å². The molecule has 3 rings (SSSR count). The van der Waals surface area contributed by atoms with E-state index in [1.807, 2.05) is 6.07 Å². The number of ether oxygens (including phenoxy) is 1. The zero-order chi connectivity index (χ0) is 17.3. The second-order valence-corrected chi connectivity index (χ2v) is 7.81. The number of benzene rings is 1. The first kappa shape index (κ1) is 19.7. The van der Waals surface area contributed by atoms with Gasteiger partial charge in [-0.25, -0.2) is 0 Å². The molecule has 1 heterocycles. The molecular formula is C20H33NO2. The average molecular weight is 319 g/mol. The number of rotatable bonds is 2. The molecule has 3 heteroatoms. The van der Waals surface area contributed by atoms with Gasteiger partial charge in [-0.15, -0.1) is 0 Å². The van der Waals surface area contributed by atoms with E-state index < -0.39 is 0 Å². The van der Waals surface area contributed by atoms with E-state index in [0.29, 0.717) is 17.3 Å². The highest BCUT2D eigenvalue weighted by Crippen LogP contribution is 2.48. The van der Waals surface area contributed by atoms with Gasteiger partial charge in [0.25, 0.3) is 6.47 Å². The van der Waals surface area contributed by atoms with Crippen LogP contribution in [0.3, 0.4) is 0 Å². The number of nitrogens with one attached hydrogen (secondary N) is 1. The molecule has 0 spiro atoms. The molecule has 1 aliphatic heterocycles. The Balaban J connectivity index is 0.000000194. The highest BCUT2D eigenvalue weighted by atomic mass is 16.5. The summed E-state index contributed by atoms with van der Waals surface area (Å²) in [5, 5.41) is 3.61. The molecule has 1 N–H and O–H groups in total. The molecule has 0 amide bonds. The molecular weight excluding hydrogens is 286 g/mol. The Labute approximate surface area is 141 Å². The smallest absolute Gasteiger partial charge is 0.292 e. The number of carbonyl (C=O) groups is 1. The molecule has 2 atom stereocenters. The summed E-state index contributed by atoms with van der Waals surface area (Å²) in [4.78, 5) is 8.95. The molecule has 1 aliphatic carbocycles. The maximum Gasteiger partial charge on any atom is 0.292 e. The third-order valence-electron chi connectivity index (χ3n) is 4.61. The molecule has 1 saturated heterocycles. The first-order valence-corrected chi connectivity index (χ1v) is 8.58. The van der Waals surface area contributed by atoms with Gasteiger partial charge in [0.2, 0.25) is 0 Å². The van der Waals surface area contributed by atoms with Crippen LogP contribution in [-0.2, 0) is 16.0 Å². The molecule has 1 aromatic carbocycles. The third kappa shape index (κ3) is 7.17. The van der Waals surface area contributed by atoms with E-state index in [-0.39, 0.29) is 0 Å². The Hall–Kier alpha value is -1.35. The average Bonchev–Trinajstić information content (AvgIpc) is 2.82. The fraction of sp³-hybridized carbons (Fsp3) is 0.650. The van der Waals surface area contributed by atoms with Gasteiger partial charge in [-0.3, -0.25) is 4.79 Å². The summed E-state index contributed by atoms with van der Waals surface area (Å²) in [5.74, 6) is 0. The van der Waals surface area contributed by atoms with Gasteiger partial charge in [0, 0.05) is 12.6 Å². The Morgan fingerprint density at radius 2 is 1.83 bits per heavy atom. The van der Waals surface area contributed by atoms with Crippen LogP contribution in [0.5, 0.6) is 0 Å². The molecule has 0 radical (unpaired) electrons. The minimum absolute atomic E-state index is 0.375. The number of carbonyl (C=O) groups excluding carboxylic acids is 1. The lowest BCUT2D eigenvalue weighted by Gasteiger charge is -2.39. The Bertz CT molecular complexity index is 458. The van der Waals surface area contributed by atoms with Crippen LogP contribution in [0.4, 0.5) is 0 Å². The van der Waals surface area contributed by atoms with Crippen LogP contribution in [0.25, 0.3) is 0 Å². The Kier molecular flexibility index (Phi) is 7.77. The lowest BCUT2D eigenvalue weighted by atomic mass is 9.65. The van der Waals surface area contributed by atoms with Crippen molar-refractivity contribution < 1.29 is 9.53 Å². The number of fused-ring (bicyclic) bond motifs is 2. The lowest BCUT2D eigenvalue weighted by Crippen LogP contribution is -2.33. The fourth-order valence-corrected chi connectivity index (χ4v) is 4.02. The highest BCUT2D eigenvalue weighted by molar-refractivity contribution is 5.36. The standard InChI is InChI=1S/C10H19N.C8H10.C2H4O2/c1-9(2)4-8-5-10(3,6-9)7-11-8;1-2-8-6-4-3-5-7-8;1-4-2-3/h8,11H,4-7H2,1-3H3;3-7H,2H2,1H3;2H,1H3. The normalized spacial score (nSPS) is 26.9. The van der Waals surface area contributed by atoms with Crippen molar-refractivity contribution in [1.29, 1.82) is 0 Å². The van der Waals surface area contributed by atoms with Gasteiger partial charge in [0.15, 0.2) is 0 Å². The zero-order valence-electron chi connectivity index (χ0n) is 15.4. The summed E-state index contributed by atoms with van der Waals surface area (Å²) >= 11 is 0. The maximum atomic E-state index is 8.95. The van der Waals surface area contributed by atoms with Crippen molar-refractivity contribution in [2.75, 3.05) is 13.7 Å². The van der Waals surface area contributed by atoms with E-state index in [1.165, 1.54) is 38.5 Å². The molecule has 2 unspecified atom stereocenters. The van der Waals surface area contributed by atoms with Crippen LogP contribution in [-0.4, -0.2) is 26.2 Å². The van der Waals surface area contributed by atoms with E-state index in [4.69, 9.17) is 4.79 Å². The van der Waals surface area contributed by atoms with Crippen molar-refractivity contribution in [2.24, 2.45) is 10.8 Å². The molecule has 2 bridgehead atoms. The predicted molar refractivity (Wildman–Crippen MR) is 96.4 cm³/mol. The van der Waals surface area contributed by atoms with Gasteiger partial charge in [-0.1, -0.05) is 58.0 Å². The first-order valence-electron chi connectivity index (χ1n) is 8.58. The monoisotopic (exact) mass is 319 g/mol. The molecule has 2 aliphatic rings. The summed E-state index contributed by atoms with van der Waals surface area (Å²) in [7, 11) is 1.31.